The van der Waals surface area contributed by atoms with E-state index in [4.69, 9.17) is 14.8 Å². The number of aliphatic hydroxyl groups is 1. The van der Waals surface area contributed by atoms with Crippen molar-refractivity contribution in [3.05, 3.63) is 22.6 Å². The Balaban J connectivity index is 1.82. The predicted octanol–water partition coefficient (Wildman–Crippen LogP) is 1.61. The molecule has 3 aromatic rings. The van der Waals surface area contributed by atoms with Gasteiger partial charge in [0.05, 0.1) is 30.7 Å². The summed E-state index contributed by atoms with van der Waals surface area (Å²) in [6.45, 7) is 6.20. The highest BCUT2D eigenvalue weighted by atomic mass is 32.1. The van der Waals surface area contributed by atoms with E-state index >= 15 is 0 Å². The van der Waals surface area contributed by atoms with E-state index in [1.807, 2.05) is 11.9 Å². The van der Waals surface area contributed by atoms with Gasteiger partial charge >= 0.3 is 0 Å². The number of rotatable bonds is 4. The number of aromatic nitrogens is 4. The summed E-state index contributed by atoms with van der Waals surface area (Å²) in [7, 11) is 1.95. The van der Waals surface area contributed by atoms with Crippen molar-refractivity contribution < 1.29 is 9.84 Å². The molecule has 1 N–H and O–H groups in total. The Bertz CT molecular complexity index is 901. The van der Waals surface area contributed by atoms with E-state index in [-0.39, 0.29) is 12.2 Å². The summed E-state index contributed by atoms with van der Waals surface area (Å²) in [6.07, 6.45) is 2.59. The third-order valence-electron chi connectivity index (χ3n) is 4.34. The Kier molecular flexibility index (Phi) is 3.80. The highest BCUT2D eigenvalue weighted by molar-refractivity contribution is 7.19. The average Bonchev–Trinajstić information content (AvgIpc) is 3.06. The number of ether oxygens (including phenoxy) is 1. The van der Waals surface area contributed by atoms with Gasteiger partial charge in [-0.3, -0.25) is 4.90 Å². The van der Waals surface area contributed by atoms with E-state index in [2.05, 4.69) is 23.9 Å². The summed E-state index contributed by atoms with van der Waals surface area (Å²) < 4.78 is 7.69. The van der Waals surface area contributed by atoms with E-state index in [0.717, 1.165) is 28.1 Å². The molecule has 0 spiro atoms. The summed E-state index contributed by atoms with van der Waals surface area (Å²) in [6, 6.07) is 0. The standard InChI is InChI=1S/C16H21N5O2S/c1-16(2)6-10-11(8-23-16)24-15-13(10)14-18-12(7-20(3)4-5-22)19-21(14)9-17-15/h9,22H,4-8H2,1-3H3. The fraction of sp³-hybridized carbons (Fsp3) is 0.562. The van der Waals surface area contributed by atoms with Crippen LogP contribution >= 0.6 is 11.3 Å². The van der Waals surface area contributed by atoms with Gasteiger partial charge in [0, 0.05) is 17.8 Å². The summed E-state index contributed by atoms with van der Waals surface area (Å²) >= 11 is 1.69. The van der Waals surface area contributed by atoms with Crippen molar-refractivity contribution in [3.8, 4) is 0 Å². The van der Waals surface area contributed by atoms with Crippen LogP contribution in [0.15, 0.2) is 6.33 Å². The molecule has 0 aromatic carbocycles. The molecule has 0 fully saturated rings. The Morgan fingerprint density at radius 2 is 2.29 bits per heavy atom. The predicted molar refractivity (Wildman–Crippen MR) is 92.2 cm³/mol. The van der Waals surface area contributed by atoms with Crippen LogP contribution in [0.1, 0.15) is 30.1 Å². The lowest BCUT2D eigenvalue weighted by Gasteiger charge is -2.30. The molecule has 0 saturated carbocycles. The van der Waals surface area contributed by atoms with E-state index < -0.39 is 0 Å². The van der Waals surface area contributed by atoms with E-state index in [9.17, 15) is 0 Å². The minimum absolute atomic E-state index is 0.128. The van der Waals surface area contributed by atoms with Gasteiger partial charge in [0.15, 0.2) is 11.5 Å². The van der Waals surface area contributed by atoms with Gasteiger partial charge in [0.2, 0.25) is 0 Å². The van der Waals surface area contributed by atoms with Crippen LogP contribution in [0.5, 0.6) is 0 Å². The van der Waals surface area contributed by atoms with Crippen LogP contribution in [-0.4, -0.2) is 55.4 Å². The minimum Gasteiger partial charge on any atom is -0.395 e. The van der Waals surface area contributed by atoms with E-state index in [1.54, 1.807) is 22.2 Å². The second-order valence-electron chi connectivity index (χ2n) is 6.91. The van der Waals surface area contributed by atoms with Gasteiger partial charge in [-0.2, -0.15) is 0 Å². The second kappa shape index (κ2) is 5.73. The van der Waals surface area contributed by atoms with Crippen LogP contribution in [0.2, 0.25) is 0 Å². The second-order valence-corrected chi connectivity index (χ2v) is 7.99. The maximum atomic E-state index is 9.04. The van der Waals surface area contributed by atoms with Gasteiger partial charge < -0.3 is 9.84 Å². The van der Waals surface area contributed by atoms with Crippen molar-refractivity contribution in [3.63, 3.8) is 0 Å². The molecule has 0 amide bonds. The lowest BCUT2D eigenvalue weighted by molar-refractivity contribution is -0.0379. The zero-order valence-electron chi connectivity index (χ0n) is 14.1. The van der Waals surface area contributed by atoms with Crippen molar-refractivity contribution in [1.29, 1.82) is 0 Å². The summed E-state index contributed by atoms with van der Waals surface area (Å²) in [5, 5.41) is 14.7. The topological polar surface area (TPSA) is 75.8 Å². The zero-order valence-corrected chi connectivity index (χ0v) is 14.9. The maximum Gasteiger partial charge on any atom is 0.168 e. The van der Waals surface area contributed by atoms with Crippen LogP contribution < -0.4 is 0 Å². The molecule has 1 aliphatic rings. The van der Waals surface area contributed by atoms with Crippen LogP contribution in [0.4, 0.5) is 0 Å². The van der Waals surface area contributed by atoms with Crippen LogP contribution in [0.3, 0.4) is 0 Å². The van der Waals surface area contributed by atoms with Gasteiger partial charge in [-0.05, 0) is 26.5 Å². The van der Waals surface area contributed by atoms with Gasteiger partial charge in [0.25, 0.3) is 0 Å². The molecule has 1 aliphatic heterocycles. The molecule has 0 bridgehead atoms. The quantitative estimate of drug-likeness (QED) is 0.773. The molecule has 128 valence electrons. The lowest BCUT2D eigenvalue weighted by Crippen LogP contribution is -2.31. The van der Waals surface area contributed by atoms with Gasteiger partial charge in [-0.1, -0.05) is 0 Å². The number of likely N-dealkylation sites (N-methyl/N-ethyl adjacent to an activating group) is 1. The lowest BCUT2D eigenvalue weighted by atomic mass is 9.94. The van der Waals surface area contributed by atoms with Gasteiger partial charge in [-0.25, -0.2) is 14.5 Å². The molecular formula is C16H21N5O2S. The number of aliphatic hydroxyl groups excluding tert-OH is 1. The monoisotopic (exact) mass is 347 g/mol. The van der Waals surface area contributed by atoms with Gasteiger partial charge in [-0.15, -0.1) is 16.4 Å². The first kappa shape index (κ1) is 15.9. The molecule has 4 heterocycles. The fourth-order valence-corrected chi connectivity index (χ4v) is 4.21. The molecule has 24 heavy (non-hydrogen) atoms. The molecule has 3 aromatic heterocycles. The third kappa shape index (κ3) is 2.69. The summed E-state index contributed by atoms with van der Waals surface area (Å²) in [4.78, 5) is 13.5. The molecule has 0 aliphatic carbocycles. The first-order valence-electron chi connectivity index (χ1n) is 8.05. The molecule has 7 nitrogen and oxygen atoms in total. The number of hydrogen-bond donors (Lipinski definition) is 1. The van der Waals surface area contributed by atoms with E-state index in [1.165, 1.54) is 10.4 Å². The summed E-state index contributed by atoms with van der Waals surface area (Å²) in [5.41, 5.74) is 1.99. The Labute approximate surface area is 143 Å². The number of fused-ring (bicyclic) bond motifs is 5. The van der Waals surface area contributed by atoms with Crippen molar-refractivity contribution >= 4 is 27.2 Å². The first-order chi connectivity index (χ1) is 11.5. The van der Waals surface area contributed by atoms with Crippen molar-refractivity contribution in [2.75, 3.05) is 20.2 Å². The van der Waals surface area contributed by atoms with Crippen molar-refractivity contribution in [1.82, 2.24) is 24.5 Å². The Morgan fingerprint density at radius 3 is 3.08 bits per heavy atom. The molecule has 0 saturated heterocycles. The molecule has 0 unspecified atom stereocenters. The number of nitrogens with zero attached hydrogens (tertiary/aromatic N) is 5. The van der Waals surface area contributed by atoms with Crippen molar-refractivity contribution in [2.45, 2.75) is 39.0 Å². The van der Waals surface area contributed by atoms with Crippen LogP contribution in [0.25, 0.3) is 15.9 Å². The molecule has 0 atom stereocenters. The van der Waals surface area contributed by atoms with Crippen LogP contribution in [0, 0.1) is 0 Å². The average molecular weight is 347 g/mol. The fourth-order valence-electron chi connectivity index (χ4n) is 3.14. The largest absolute Gasteiger partial charge is 0.395 e. The maximum absolute atomic E-state index is 9.04. The highest BCUT2D eigenvalue weighted by Crippen LogP contribution is 2.39. The Morgan fingerprint density at radius 1 is 1.46 bits per heavy atom. The van der Waals surface area contributed by atoms with Crippen LogP contribution in [-0.2, 0) is 24.3 Å². The van der Waals surface area contributed by atoms with Gasteiger partial charge in [0.1, 0.15) is 11.2 Å². The molecular weight excluding hydrogens is 326 g/mol. The normalized spacial score (nSPS) is 17.0. The smallest absolute Gasteiger partial charge is 0.168 e. The molecule has 0 radical (unpaired) electrons. The van der Waals surface area contributed by atoms with Crippen molar-refractivity contribution in [2.24, 2.45) is 0 Å². The molecule has 8 heteroatoms. The minimum atomic E-state index is -0.169. The third-order valence-corrected chi connectivity index (χ3v) is 5.46. The highest BCUT2D eigenvalue weighted by Gasteiger charge is 2.30. The summed E-state index contributed by atoms with van der Waals surface area (Å²) in [5.74, 6) is 0.742. The SMILES string of the molecule is CN(CCO)Cc1nc2c3c4c(sc3ncn2n1)COC(C)(C)C4. The number of hydrogen-bond acceptors (Lipinski definition) is 7. The van der Waals surface area contributed by atoms with E-state index in [0.29, 0.717) is 19.7 Å². The Hall–Kier alpha value is -1.61. The molecule has 4 rings (SSSR count). The first-order valence-corrected chi connectivity index (χ1v) is 8.86. The number of thiophene rings is 1. The zero-order chi connectivity index (χ0) is 16.9.